The molecule has 0 fully saturated rings. The van der Waals surface area contributed by atoms with Crippen molar-refractivity contribution < 1.29 is 23.9 Å². The number of hydrogen-bond acceptors (Lipinski definition) is 6. The van der Waals surface area contributed by atoms with E-state index in [0.717, 1.165) is 16.7 Å². The van der Waals surface area contributed by atoms with Crippen molar-refractivity contribution in [3.05, 3.63) is 82.9 Å². The molecule has 182 valence electrons. The van der Waals surface area contributed by atoms with Crippen molar-refractivity contribution in [3.8, 4) is 5.75 Å². The number of para-hydroxylation sites is 1. The summed E-state index contributed by atoms with van der Waals surface area (Å²) in [6.07, 6.45) is 1.40. The minimum atomic E-state index is -1.25. The number of fused-ring (bicyclic) bond motifs is 1. The molecule has 2 aromatic carbocycles. The average molecular weight is 477 g/mol. The van der Waals surface area contributed by atoms with E-state index in [1.165, 1.54) is 18.3 Å². The lowest BCUT2D eigenvalue weighted by molar-refractivity contribution is -0.133. The molecular formula is C26H28N4O5. The van der Waals surface area contributed by atoms with E-state index in [0.29, 0.717) is 5.75 Å². The number of benzene rings is 2. The van der Waals surface area contributed by atoms with Crippen LogP contribution in [0.2, 0.25) is 0 Å². The van der Waals surface area contributed by atoms with Crippen molar-refractivity contribution in [2.24, 2.45) is 0 Å². The topological polar surface area (TPSA) is 103 Å². The molecule has 0 bridgehead atoms. The van der Waals surface area contributed by atoms with Crippen molar-refractivity contribution in [1.82, 2.24) is 19.8 Å². The zero-order valence-electron chi connectivity index (χ0n) is 20.2. The van der Waals surface area contributed by atoms with Crippen molar-refractivity contribution in [1.29, 1.82) is 0 Å². The second-order valence-electron chi connectivity index (χ2n) is 8.71. The highest BCUT2D eigenvalue weighted by Gasteiger charge is 2.49. The summed E-state index contributed by atoms with van der Waals surface area (Å²) >= 11 is 0. The standard InChI is InChI=1S/C26H28N4O5/c1-17-8-7-9-18(12-17)14-30-23(31)22-21(24(32)35-4)28-16-29(22)15-26(30,2)25(33)27-13-19-10-5-6-11-20(19)34-3/h5-12,16H,13-15H2,1-4H3,(H,27,33). The number of methoxy groups -OCH3 is 2. The average Bonchev–Trinajstić information content (AvgIpc) is 3.28. The van der Waals surface area contributed by atoms with E-state index in [1.807, 2.05) is 55.5 Å². The Bertz CT molecular complexity index is 1280. The summed E-state index contributed by atoms with van der Waals surface area (Å²) in [5.41, 5.74) is 1.52. The second-order valence-corrected chi connectivity index (χ2v) is 8.71. The molecule has 9 nitrogen and oxygen atoms in total. The van der Waals surface area contributed by atoms with Gasteiger partial charge < -0.3 is 24.3 Å². The molecule has 0 spiro atoms. The van der Waals surface area contributed by atoms with Crippen LogP contribution in [0.15, 0.2) is 54.9 Å². The number of rotatable bonds is 7. The van der Waals surface area contributed by atoms with E-state index in [4.69, 9.17) is 9.47 Å². The van der Waals surface area contributed by atoms with Gasteiger partial charge in [0, 0.05) is 18.7 Å². The highest BCUT2D eigenvalue weighted by Crippen LogP contribution is 2.31. The van der Waals surface area contributed by atoms with Crippen LogP contribution in [0.5, 0.6) is 5.75 Å². The van der Waals surface area contributed by atoms with E-state index in [2.05, 4.69) is 10.3 Å². The summed E-state index contributed by atoms with van der Waals surface area (Å²) in [7, 11) is 2.81. The number of carbonyl (C=O) groups excluding carboxylic acids is 3. The van der Waals surface area contributed by atoms with Gasteiger partial charge in [0.15, 0.2) is 5.69 Å². The normalized spacial score (nSPS) is 17.0. The smallest absolute Gasteiger partial charge is 0.359 e. The van der Waals surface area contributed by atoms with Gasteiger partial charge in [-0.25, -0.2) is 9.78 Å². The zero-order valence-corrected chi connectivity index (χ0v) is 20.2. The summed E-state index contributed by atoms with van der Waals surface area (Å²) < 4.78 is 11.7. The zero-order chi connectivity index (χ0) is 25.2. The van der Waals surface area contributed by atoms with Crippen molar-refractivity contribution in [2.75, 3.05) is 14.2 Å². The number of hydrogen-bond donors (Lipinski definition) is 1. The first-order valence-electron chi connectivity index (χ1n) is 11.2. The van der Waals surface area contributed by atoms with Crippen molar-refractivity contribution >= 4 is 17.8 Å². The molecule has 0 saturated carbocycles. The first kappa shape index (κ1) is 24.0. The van der Waals surface area contributed by atoms with Crippen LogP contribution in [0.4, 0.5) is 0 Å². The number of nitrogens with one attached hydrogen (secondary N) is 1. The van der Waals surface area contributed by atoms with Gasteiger partial charge in [-0.1, -0.05) is 48.0 Å². The Balaban J connectivity index is 1.70. The molecule has 3 aromatic rings. The third-order valence-electron chi connectivity index (χ3n) is 6.28. The summed E-state index contributed by atoms with van der Waals surface area (Å²) in [6.45, 7) is 4.23. The van der Waals surface area contributed by atoms with Gasteiger partial charge in [-0.3, -0.25) is 9.59 Å². The molecular weight excluding hydrogens is 448 g/mol. The lowest BCUT2D eigenvalue weighted by Crippen LogP contribution is -2.63. The fraction of sp³-hybridized carbons (Fsp3) is 0.308. The van der Waals surface area contributed by atoms with E-state index in [-0.39, 0.29) is 36.9 Å². The van der Waals surface area contributed by atoms with Crippen molar-refractivity contribution in [2.45, 2.75) is 39.0 Å². The molecule has 2 amide bonds. The molecule has 0 aliphatic carbocycles. The van der Waals surface area contributed by atoms with E-state index >= 15 is 0 Å². The maximum Gasteiger partial charge on any atom is 0.359 e. The number of esters is 1. The maximum atomic E-state index is 13.8. The maximum absolute atomic E-state index is 13.8. The predicted molar refractivity (Wildman–Crippen MR) is 128 cm³/mol. The molecule has 1 aromatic heterocycles. The van der Waals surface area contributed by atoms with Crippen LogP contribution in [0.1, 0.15) is 44.6 Å². The van der Waals surface area contributed by atoms with Gasteiger partial charge in [0.25, 0.3) is 5.91 Å². The Morgan fingerprint density at radius 2 is 1.91 bits per heavy atom. The molecule has 1 aliphatic heterocycles. The van der Waals surface area contributed by atoms with Gasteiger partial charge in [-0.05, 0) is 25.5 Å². The first-order chi connectivity index (χ1) is 16.8. The molecule has 0 radical (unpaired) electrons. The Hall–Kier alpha value is -4.14. The van der Waals surface area contributed by atoms with Gasteiger partial charge in [0.2, 0.25) is 5.91 Å². The SMILES string of the molecule is COC(=O)c1ncn2c1C(=O)N(Cc1cccc(C)c1)C(C)(C(=O)NCc1ccccc1OC)C2. The van der Waals surface area contributed by atoms with Crippen LogP contribution in [0.25, 0.3) is 0 Å². The Morgan fingerprint density at radius 3 is 2.63 bits per heavy atom. The van der Waals surface area contributed by atoms with Crippen LogP contribution in [-0.4, -0.2) is 52.0 Å². The molecule has 0 saturated heterocycles. The fourth-order valence-corrected chi connectivity index (χ4v) is 4.39. The highest BCUT2D eigenvalue weighted by atomic mass is 16.5. The van der Waals surface area contributed by atoms with E-state index in [1.54, 1.807) is 18.6 Å². The van der Waals surface area contributed by atoms with Crippen LogP contribution >= 0.6 is 0 Å². The lowest BCUT2D eigenvalue weighted by atomic mass is 9.93. The fourth-order valence-electron chi connectivity index (χ4n) is 4.39. The number of ether oxygens (including phenoxy) is 2. The molecule has 35 heavy (non-hydrogen) atoms. The number of carbonyl (C=O) groups is 3. The molecule has 1 aliphatic rings. The minimum absolute atomic E-state index is 0.0665. The molecule has 1 N–H and O–H groups in total. The first-order valence-corrected chi connectivity index (χ1v) is 11.2. The number of imidazole rings is 1. The van der Waals surface area contributed by atoms with E-state index in [9.17, 15) is 14.4 Å². The molecule has 1 unspecified atom stereocenters. The number of aromatic nitrogens is 2. The number of aryl methyl sites for hydroxylation is 1. The summed E-state index contributed by atoms with van der Waals surface area (Å²) in [5, 5.41) is 2.96. The Kier molecular flexibility index (Phi) is 6.59. The minimum Gasteiger partial charge on any atom is -0.496 e. The lowest BCUT2D eigenvalue weighted by Gasteiger charge is -2.43. The molecule has 1 atom stereocenters. The monoisotopic (exact) mass is 476 g/mol. The van der Waals surface area contributed by atoms with E-state index < -0.39 is 17.4 Å². The van der Waals surface area contributed by atoms with Gasteiger partial charge >= 0.3 is 5.97 Å². The van der Waals surface area contributed by atoms with Gasteiger partial charge in [-0.15, -0.1) is 0 Å². The van der Waals surface area contributed by atoms with Crippen LogP contribution in [0.3, 0.4) is 0 Å². The molecule has 4 rings (SSSR count). The van der Waals surface area contributed by atoms with Gasteiger partial charge in [0.05, 0.1) is 27.1 Å². The van der Waals surface area contributed by atoms with Gasteiger partial charge in [0.1, 0.15) is 17.0 Å². The Morgan fingerprint density at radius 1 is 1.14 bits per heavy atom. The second kappa shape index (κ2) is 9.61. The van der Waals surface area contributed by atoms with Crippen LogP contribution in [-0.2, 0) is 29.2 Å². The molecule has 9 heteroatoms. The van der Waals surface area contributed by atoms with Crippen LogP contribution in [0, 0.1) is 6.92 Å². The number of nitrogens with zero attached hydrogens (tertiary/aromatic N) is 3. The highest BCUT2D eigenvalue weighted by molar-refractivity contribution is 6.06. The summed E-state index contributed by atoms with van der Waals surface area (Å²) in [4.78, 5) is 45.3. The Labute approximate surface area is 203 Å². The van der Waals surface area contributed by atoms with Gasteiger partial charge in [-0.2, -0.15) is 0 Å². The summed E-state index contributed by atoms with van der Waals surface area (Å²) in [5.74, 6) is -0.838. The van der Waals surface area contributed by atoms with Crippen LogP contribution < -0.4 is 10.1 Å². The quantitative estimate of drug-likeness (QED) is 0.526. The predicted octanol–water partition coefficient (Wildman–Crippen LogP) is 2.72. The third kappa shape index (κ3) is 4.49. The molecule has 2 heterocycles. The van der Waals surface area contributed by atoms with Crippen molar-refractivity contribution in [3.63, 3.8) is 0 Å². The number of amides is 2. The third-order valence-corrected chi connectivity index (χ3v) is 6.28. The largest absolute Gasteiger partial charge is 0.496 e. The summed E-state index contributed by atoms with van der Waals surface area (Å²) in [6, 6.07) is 15.2.